The summed E-state index contributed by atoms with van der Waals surface area (Å²) in [7, 11) is 0. The summed E-state index contributed by atoms with van der Waals surface area (Å²) < 4.78 is 5.36. The first kappa shape index (κ1) is 11.9. The molecule has 0 aromatic heterocycles. The quantitative estimate of drug-likeness (QED) is 0.663. The lowest BCUT2D eigenvalue weighted by Gasteiger charge is -2.23. The monoisotopic (exact) mass is 173 g/mol. The minimum atomic E-state index is 0.538. The average molecular weight is 173 g/mol. The van der Waals surface area contributed by atoms with Crippen LogP contribution in [0.2, 0.25) is 0 Å². The first-order valence-corrected chi connectivity index (χ1v) is 4.91. The zero-order valence-electron chi connectivity index (χ0n) is 9.05. The van der Waals surface area contributed by atoms with E-state index in [2.05, 4.69) is 33.0 Å². The van der Waals surface area contributed by atoms with E-state index in [1.54, 1.807) is 0 Å². The van der Waals surface area contributed by atoms with E-state index in [1.807, 2.05) is 6.92 Å². The van der Waals surface area contributed by atoms with Crippen LogP contribution >= 0.6 is 0 Å². The first-order valence-electron chi connectivity index (χ1n) is 4.91. The van der Waals surface area contributed by atoms with E-state index in [0.717, 1.165) is 13.2 Å². The molecular formula is C10H23NO. The fourth-order valence-corrected chi connectivity index (χ4v) is 1.14. The molecule has 2 heteroatoms. The molecule has 2 unspecified atom stereocenters. The molecule has 0 saturated carbocycles. The molecule has 0 aromatic rings. The SMILES string of the molecule is CCOCC(C)C(C)NC(C)C. The average Bonchev–Trinajstić information content (AvgIpc) is 1.98. The normalized spacial score (nSPS) is 16.5. The maximum atomic E-state index is 5.36. The summed E-state index contributed by atoms with van der Waals surface area (Å²) in [4.78, 5) is 0. The van der Waals surface area contributed by atoms with Crippen LogP contribution in [-0.2, 0) is 4.74 Å². The molecule has 0 fully saturated rings. The van der Waals surface area contributed by atoms with Crippen molar-refractivity contribution in [2.45, 2.75) is 46.7 Å². The standard InChI is InChI=1S/C10H23NO/c1-6-12-7-9(4)10(5)11-8(2)3/h8-11H,6-7H2,1-5H3. The molecule has 12 heavy (non-hydrogen) atoms. The molecule has 2 atom stereocenters. The van der Waals surface area contributed by atoms with Gasteiger partial charge in [-0.2, -0.15) is 0 Å². The Bertz CT molecular complexity index is 104. The highest BCUT2D eigenvalue weighted by molar-refractivity contribution is 4.69. The van der Waals surface area contributed by atoms with Gasteiger partial charge >= 0.3 is 0 Å². The molecule has 1 N–H and O–H groups in total. The van der Waals surface area contributed by atoms with Crippen molar-refractivity contribution in [3.63, 3.8) is 0 Å². The largest absolute Gasteiger partial charge is 0.381 e. The third kappa shape index (κ3) is 5.56. The predicted octanol–water partition coefficient (Wildman–Crippen LogP) is 2.05. The maximum absolute atomic E-state index is 5.36. The molecule has 0 amide bonds. The molecule has 0 saturated heterocycles. The van der Waals surface area contributed by atoms with Crippen molar-refractivity contribution in [1.82, 2.24) is 5.32 Å². The van der Waals surface area contributed by atoms with Crippen LogP contribution in [0.25, 0.3) is 0 Å². The Morgan fingerprint density at radius 2 is 1.75 bits per heavy atom. The molecule has 0 rings (SSSR count). The molecule has 0 aromatic carbocycles. The number of rotatable bonds is 6. The lowest BCUT2D eigenvalue weighted by atomic mass is 10.0. The van der Waals surface area contributed by atoms with Gasteiger partial charge in [0, 0.05) is 18.7 Å². The lowest BCUT2D eigenvalue weighted by molar-refractivity contribution is 0.102. The Kier molecular flexibility index (Phi) is 6.39. The molecule has 74 valence electrons. The van der Waals surface area contributed by atoms with Crippen molar-refractivity contribution in [3.05, 3.63) is 0 Å². The van der Waals surface area contributed by atoms with Gasteiger partial charge in [0.1, 0.15) is 0 Å². The Morgan fingerprint density at radius 1 is 1.17 bits per heavy atom. The smallest absolute Gasteiger partial charge is 0.0506 e. The highest BCUT2D eigenvalue weighted by Gasteiger charge is 2.12. The fraction of sp³-hybridized carbons (Fsp3) is 1.00. The summed E-state index contributed by atoms with van der Waals surface area (Å²) in [5.74, 6) is 0.590. The second-order valence-electron chi connectivity index (χ2n) is 3.75. The van der Waals surface area contributed by atoms with Gasteiger partial charge in [-0.3, -0.25) is 0 Å². The Hall–Kier alpha value is -0.0800. The van der Waals surface area contributed by atoms with Crippen LogP contribution in [0, 0.1) is 5.92 Å². The van der Waals surface area contributed by atoms with E-state index in [-0.39, 0.29) is 0 Å². The lowest BCUT2D eigenvalue weighted by Crippen LogP contribution is -2.38. The van der Waals surface area contributed by atoms with E-state index in [0.29, 0.717) is 18.0 Å². The number of ether oxygens (including phenoxy) is 1. The highest BCUT2D eigenvalue weighted by atomic mass is 16.5. The second-order valence-corrected chi connectivity index (χ2v) is 3.75. The summed E-state index contributed by atoms with van der Waals surface area (Å²) in [6, 6.07) is 1.10. The number of hydrogen-bond donors (Lipinski definition) is 1. The summed E-state index contributed by atoms with van der Waals surface area (Å²) in [6.45, 7) is 12.5. The zero-order chi connectivity index (χ0) is 9.56. The Balaban J connectivity index is 3.53. The van der Waals surface area contributed by atoms with E-state index in [1.165, 1.54) is 0 Å². The molecule has 0 aliphatic carbocycles. The third-order valence-electron chi connectivity index (χ3n) is 2.03. The van der Waals surface area contributed by atoms with Crippen LogP contribution < -0.4 is 5.32 Å². The van der Waals surface area contributed by atoms with Crippen molar-refractivity contribution in [3.8, 4) is 0 Å². The van der Waals surface area contributed by atoms with Crippen molar-refractivity contribution in [2.75, 3.05) is 13.2 Å². The van der Waals surface area contributed by atoms with Gasteiger partial charge in [-0.15, -0.1) is 0 Å². The van der Waals surface area contributed by atoms with E-state index >= 15 is 0 Å². The Labute approximate surface area is 76.7 Å². The highest BCUT2D eigenvalue weighted by Crippen LogP contribution is 2.03. The zero-order valence-corrected chi connectivity index (χ0v) is 9.05. The topological polar surface area (TPSA) is 21.3 Å². The predicted molar refractivity (Wildman–Crippen MR) is 53.4 cm³/mol. The van der Waals surface area contributed by atoms with Crippen LogP contribution in [0.15, 0.2) is 0 Å². The molecule has 2 nitrogen and oxygen atoms in total. The molecule has 0 radical (unpaired) electrons. The van der Waals surface area contributed by atoms with Crippen LogP contribution in [0.1, 0.15) is 34.6 Å². The molecule has 0 aliphatic rings. The van der Waals surface area contributed by atoms with Crippen molar-refractivity contribution in [2.24, 2.45) is 5.92 Å². The van der Waals surface area contributed by atoms with Gasteiger partial charge in [0.15, 0.2) is 0 Å². The fourth-order valence-electron chi connectivity index (χ4n) is 1.14. The van der Waals surface area contributed by atoms with Gasteiger partial charge in [0.25, 0.3) is 0 Å². The second kappa shape index (κ2) is 6.44. The summed E-state index contributed by atoms with van der Waals surface area (Å²) >= 11 is 0. The third-order valence-corrected chi connectivity index (χ3v) is 2.03. The molecule has 0 heterocycles. The summed E-state index contributed by atoms with van der Waals surface area (Å²) in [5.41, 5.74) is 0. The van der Waals surface area contributed by atoms with Crippen LogP contribution in [-0.4, -0.2) is 25.3 Å². The van der Waals surface area contributed by atoms with Crippen LogP contribution in [0.5, 0.6) is 0 Å². The Morgan fingerprint density at radius 3 is 2.17 bits per heavy atom. The minimum absolute atomic E-state index is 0.538. The first-order chi connectivity index (χ1) is 5.57. The summed E-state index contributed by atoms with van der Waals surface area (Å²) in [5, 5.41) is 3.47. The number of hydrogen-bond acceptors (Lipinski definition) is 2. The van der Waals surface area contributed by atoms with Crippen LogP contribution in [0.3, 0.4) is 0 Å². The van der Waals surface area contributed by atoms with Gasteiger partial charge in [-0.05, 0) is 19.8 Å². The van der Waals surface area contributed by atoms with Crippen LogP contribution in [0.4, 0.5) is 0 Å². The van der Waals surface area contributed by atoms with E-state index in [4.69, 9.17) is 4.74 Å². The van der Waals surface area contributed by atoms with Crippen molar-refractivity contribution in [1.29, 1.82) is 0 Å². The van der Waals surface area contributed by atoms with Gasteiger partial charge in [-0.1, -0.05) is 20.8 Å². The van der Waals surface area contributed by atoms with Gasteiger partial charge in [0.05, 0.1) is 6.61 Å². The van der Waals surface area contributed by atoms with Gasteiger partial charge < -0.3 is 10.1 Å². The summed E-state index contributed by atoms with van der Waals surface area (Å²) in [6.07, 6.45) is 0. The molecule has 0 aliphatic heterocycles. The van der Waals surface area contributed by atoms with E-state index < -0.39 is 0 Å². The molecular weight excluding hydrogens is 150 g/mol. The van der Waals surface area contributed by atoms with Gasteiger partial charge in [-0.25, -0.2) is 0 Å². The molecule has 0 bridgehead atoms. The maximum Gasteiger partial charge on any atom is 0.0506 e. The van der Waals surface area contributed by atoms with Gasteiger partial charge in [0.2, 0.25) is 0 Å². The number of nitrogens with one attached hydrogen (secondary N) is 1. The minimum Gasteiger partial charge on any atom is -0.381 e. The van der Waals surface area contributed by atoms with Crippen molar-refractivity contribution >= 4 is 0 Å². The van der Waals surface area contributed by atoms with Crippen molar-refractivity contribution < 1.29 is 4.74 Å². The van der Waals surface area contributed by atoms with E-state index in [9.17, 15) is 0 Å². The molecule has 0 spiro atoms.